The maximum Gasteiger partial charge on any atom is 0.335 e. The Morgan fingerprint density at radius 3 is 2.84 bits per heavy atom. The molecule has 2 aliphatic heterocycles. The molecule has 19 heavy (non-hydrogen) atoms. The highest BCUT2D eigenvalue weighted by atomic mass is 16.4. The summed E-state index contributed by atoms with van der Waals surface area (Å²) < 4.78 is 0. The first kappa shape index (κ1) is 12.2. The average molecular weight is 259 g/mol. The molecule has 1 saturated heterocycles. The molecule has 5 nitrogen and oxygen atoms in total. The normalized spacial score (nSPS) is 26.5. The third-order valence-corrected chi connectivity index (χ3v) is 3.95. The molecule has 2 atom stereocenters. The first-order chi connectivity index (χ1) is 9.15. The van der Waals surface area contributed by atoms with Gasteiger partial charge >= 0.3 is 5.97 Å². The van der Waals surface area contributed by atoms with Gasteiger partial charge in [-0.15, -0.1) is 0 Å². The number of hydrogen-bond acceptors (Lipinski definition) is 4. The SMILES string of the molecule is CN1CCC2=NNC(c3ccc(C(=O)O)cc3)C2C1. The number of nitrogens with one attached hydrogen (secondary N) is 1. The predicted octanol–water partition coefficient (Wildman–Crippen LogP) is 1.34. The number of piperidine rings is 1. The van der Waals surface area contributed by atoms with Gasteiger partial charge in [0.1, 0.15) is 0 Å². The Kier molecular flexibility index (Phi) is 2.98. The summed E-state index contributed by atoms with van der Waals surface area (Å²) in [5.41, 5.74) is 5.86. The number of nitrogens with zero attached hydrogens (tertiary/aromatic N) is 2. The molecule has 2 aliphatic rings. The fourth-order valence-electron chi connectivity index (χ4n) is 2.84. The second-order valence-corrected chi connectivity index (χ2v) is 5.26. The van der Waals surface area contributed by atoms with Crippen molar-refractivity contribution in [3.05, 3.63) is 35.4 Å². The lowest BCUT2D eigenvalue weighted by molar-refractivity contribution is 0.0697. The molecule has 2 unspecified atom stereocenters. The third kappa shape index (κ3) is 2.21. The maximum atomic E-state index is 10.9. The molecule has 3 rings (SSSR count). The van der Waals surface area contributed by atoms with E-state index in [4.69, 9.17) is 5.11 Å². The highest BCUT2D eigenvalue weighted by molar-refractivity contribution is 5.90. The number of aromatic carboxylic acids is 1. The Morgan fingerprint density at radius 1 is 1.42 bits per heavy atom. The van der Waals surface area contributed by atoms with Crippen LogP contribution in [0.4, 0.5) is 0 Å². The number of fused-ring (bicyclic) bond motifs is 1. The summed E-state index contributed by atoms with van der Waals surface area (Å²) >= 11 is 0. The van der Waals surface area contributed by atoms with Gasteiger partial charge in [0.25, 0.3) is 0 Å². The summed E-state index contributed by atoms with van der Waals surface area (Å²) in [5, 5.41) is 13.3. The van der Waals surface area contributed by atoms with Gasteiger partial charge < -0.3 is 15.4 Å². The molecule has 0 saturated carbocycles. The minimum Gasteiger partial charge on any atom is -0.478 e. The Bertz CT molecular complexity index is 524. The molecule has 100 valence electrons. The Morgan fingerprint density at radius 2 is 2.16 bits per heavy atom. The topological polar surface area (TPSA) is 64.9 Å². The lowest BCUT2D eigenvalue weighted by atomic mass is 9.86. The second kappa shape index (κ2) is 4.66. The fourth-order valence-corrected chi connectivity index (χ4v) is 2.84. The average Bonchev–Trinajstić information content (AvgIpc) is 2.81. The fraction of sp³-hybridized carbons (Fsp3) is 0.429. The Balaban J connectivity index is 1.81. The standard InChI is InChI=1S/C14H17N3O2/c1-17-7-6-12-11(8-17)13(16-15-12)9-2-4-10(5-3-9)14(18)19/h2-5,11,13,16H,6-8H2,1H3,(H,18,19). The number of likely N-dealkylation sites (tertiary alicyclic amines) is 1. The third-order valence-electron chi connectivity index (χ3n) is 3.95. The van der Waals surface area contributed by atoms with E-state index in [0.29, 0.717) is 11.5 Å². The van der Waals surface area contributed by atoms with E-state index < -0.39 is 5.97 Å². The van der Waals surface area contributed by atoms with Crippen molar-refractivity contribution in [1.29, 1.82) is 0 Å². The minimum atomic E-state index is -0.889. The van der Waals surface area contributed by atoms with E-state index in [2.05, 4.69) is 22.5 Å². The predicted molar refractivity (Wildman–Crippen MR) is 72.3 cm³/mol. The van der Waals surface area contributed by atoms with Crippen LogP contribution >= 0.6 is 0 Å². The van der Waals surface area contributed by atoms with Crippen molar-refractivity contribution in [1.82, 2.24) is 10.3 Å². The van der Waals surface area contributed by atoms with Gasteiger partial charge in [0, 0.05) is 31.1 Å². The van der Waals surface area contributed by atoms with Gasteiger partial charge in [-0.05, 0) is 24.7 Å². The van der Waals surface area contributed by atoms with Crippen LogP contribution in [0.25, 0.3) is 0 Å². The molecule has 0 aromatic heterocycles. The quantitative estimate of drug-likeness (QED) is 0.841. The number of hydrogen-bond donors (Lipinski definition) is 2. The number of carboxylic acid groups (broad SMARTS) is 1. The lowest BCUT2D eigenvalue weighted by Crippen LogP contribution is -2.39. The summed E-state index contributed by atoms with van der Waals surface area (Å²) in [4.78, 5) is 13.2. The van der Waals surface area contributed by atoms with Gasteiger partial charge in [0.05, 0.1) is 11.6 Å². The molecule has 2 heterocycles. The van der Waals surface area contributed by atoms with Crippen molar-refractivity contribution in [2.45, 2.75) is 12.5 Å². The molecule has 0 amide bonds. The molecule has 0 aliphatic carbocycles. The summed E-state index contributed by atoms with van der Waals surface area (Å²) in [7, 11) is 2.12. The van der Waals surface area contributed by atoms with Gasteiger partial charge in [0.15, 0.2) is 0 Å². The Labute approximate surface area is 111 Å². The number of carbonyl (C=O) groups is 1. The van der Waals surface area contributed by atoms with Crippen molar-refractivity contribution < 1.29 is 9.90 Å². The van der Waals surface area contributed by atoms with E-state index in [9.17, 15) is 4.79 Å². The maximum absolute atomic E-state index is 10.9. The first-order valence-corrected chi connectivity index (χ1v) is 6.49. The number of rotatable bonds is 2. The van der Waals surface area contributed by atoms with E-state index in [-0.39, 0.29) is 6.04 Å². The zero-order chi connectivity index (χ0) is 13.4. The van der Waals surface area contributed by atoms with Gasteiger partial charge in [0.2, 0.25) is 0 Å². The molecule has 1 aromatic rings. The summed E-state index contributed by atoms with van der Waals surface area (Å²) in [5.74, 6) is -0.491. The smallest absolute Gasteiger partial charge is 0.335 e. The van der Waals surface area contributed by atoms with Gasteiger partial charge in [-0.2, -0.15) is 5.10 Å². The van der Waals surface area contributed by atoms with Crippen molar-refractivity contribution in [3.8, 4) is 0 Å². The minimum absolute atomic E-state index is 0.167. The van der Waals surface area contributed by atoms with Crippen LogP contribution in [0.5, 0.6) is 0 Å². The van der Waals surface area contributed by atoms with Gasteiger partial charge in [-0.1, -0.05) is 12.1 Å². The molecule has 1 aromatic carbocycles. The summed E-state index contributed by atoms with van der Waals surface area (Å²) in [6, 6.07) is 7.25. The zero-order valence-corrected chi connectivity index (χ0v) is 10.8. The lowest BCUT2D eigenvalue weighted by Gasteiger charge is -2.30. The monoisotopic (exact) mass is 259 g/mol. The van der Waals surface area contributed by atoms with Crippen molar-refractivity contribution in [2.75, 3.05) is 20.1 Å². The van der Waals surface area contributed by atoms with E-state index in [1.54, 1.807) is 12.1 Å². The molecular formula is C14H17N3O2. The zero-order valence-electron chi connectivity index (χ0n) is 10.8. The number of benzene rings is 1. The van der Waals surface area contributed by atoms with Crippen molar-refractivity contribution >= 4 is 11.7 Å². The van der Waals surface area contributed by atoms with Crippen LogP contribution in [0.2, 0.25) is 0 Å². The van der Waals surface area contributed by atoms with Crippen LogP contribution in [-0.4, -0.2) is 41.8 Å². The van der Waals surface area contributed by atoms with Crippen LogP contribution < -0.4 is 5.43 Å². The van der Waals surface area contributed by atoms with Crippen LogP contribution in [0.1, 0.15) is 28.4 Å². The molecular weight excluding hydrogens is 242 g/mol. The molecule has 0 radical (unpaired) electrons. The highest BCUT2D eigenvalue weighted by Crippen LogP contribution is 2.32. The van der Waals surface area contributed by atoms with E-state index in [1.165, 1.54) is 5.71 Å². The second-order valence-electron chi connectivity index (χ2n) is 5.26. The Hall–Kier alpha value is -1.88. The van der Waals surface area contributed by atoms with Crippen LogP contribution in [0.3, 0.4) is 0 Å². The van der Waals surface area contributed by atoms with E-state index in [1.807, 2.05) is 12.1 Å². The largest absolute Gasteiger partial charge is 0.478 e. The molecule has 1 fully saturated rings. The van der Waals surface area contributed by atoms with Crippen LogP contribution in [0, 0.1) is 5.92 Å². The number of hydrazone groups is 1. The number of carboxylic acids is 1. The van der Waals surface area contributed by atoms with E-state index >= 15 is 0 Å². The highest BCUT2D eigenvalue weighted by Gasteiger charge is 2.35. The molecule has 2 N–H and O–H groups in total. The summed E-state index contributed by atoms with van der Waals surface area (Å²) in [6.45, 7) is 2.05. The van der Waals surface area contributed by atoms with Crippen LogP contribution in [0.15, 0.2) is 29.4 Å². The molecule has 0 spiro atoms. The van der Waals surface area contributed by atoms with E-state index in [0.717, 1.165) is 25.1 Å². The molecule has 0 bridgehead atoms. The van der Waals surface area contributed by atoms with Gasteiger partial charge in [-0.25, -0.2) is 4.79 Å². The van der Waals surface area contributed by atoms with Crippen molar-refractivity contribution in [2.24, 2.45) is 11.0 Å². The van der Waals surface area contributed by atoms with Gasteiger partial charge in [-0.3, -0.25) is 0 Å². The first-order valence-electron chi connectivity index (χ1n) is 6.49. The summed E-state index contributed by atoms with van der Waals surface area (Å²) in [6.07, 6.45) is 1.01. The molecule has 5 heteroatoms. The van der Waals surface area contributed by atoms with Crippen LogP contribution in [-0.2, 0) is 0 Å². The van der Waals surface area contributed by atoms with Crippen molar-refractivity contribution in [3.63, 3.8) is 0 Å².